The van der Waals surface area contributed by atoms with Gasteiger partial charge >= 0.3 is 5.97 Å². The fraction of sp³-hybridized carbons (Fsp3) is 0.875. The predicted molar refractivity (Wildman–Crippen MR) is 89.6 cm³/mol. The maximum atomic E-state index is 11.5. The van der Waals surface area contributed by atoms with E-state index in [-0.39, 0.29) is 37.9 Å². The molecule has 0 aromatic rings. The zero-order chi connectivity index (χ0) is 18.3. The van der Waals surface area contributed by atoms with E-state index >= 15 is 0 Å². The minimum atomic E-state index is -0.490. The summed E-state index contributed by atoms with van der Waals surface area (Å²) in [6.07, 6.45) is 0.423. The number of rotatable bonds is 14. The predicted octanol–water partition coefficient (Wildman–Crippen LogP) is 0.233. The summed E-state index contributed by atoms with van der Waals surface area (Å²) in [6, 6.07) is 0. The van der Waals surface area contributed by atoms with Gasteiger partial charge in [-0.15, -0.1) is 0 Å². The van der Waals surface area contributed by atoms with E-state index in [0.29, 0.717) is 39.5 Å². The first kappa shape index (κ1) is 22.8. The van der Waals surface area contributed by atoms with Crippen LogP contribution in [0.5, 0.6) is 0 Å². The number of hydrogen-bond donors (Lipinski definition) is 2. The molecule has 0 atom stereocenters. The molecule has 0 bridgehead atoms. The van der Waals surface area contributed by atoms with E-state index in [1.807, 2.05) is 20.8 Å². The third-order valence-corrected chi connectivity index (χ3v) is 2.55. The summed E-state index contributed by atoms with van der Waals surface area (Å²) in [5.74, 6) is -0.421. The Bertz CT molecular complexity index is 344. The number of hydrogen-bond acceptors (Lipinski definition) is 7. The van der Waals surface area contributed by atoms with Gasteiger partial charge in [-0.3, -0.25) is 9.59 Å². The van der Waals surface area contributed by atoms with Gasteiger partial charge in [0.25, 0.3) is 0 Å². The van der Waals surface area contributed by atoms with Crippen molar-refractivity contribution in [3.63, 3.8) is 0 Å². The lowest BCUT2D eigenvalue weighted by Gasteiger charge is -2.19. The summed E-state index contributed by atoms with van der Waals surface area (Å²) in [7, 11) is 0. The molecule has 0 unspecified atom stereocenters. The van der Waals surface area contributed by atoms with Crippen LogP contribution in [0.25, 0.3) is 0 Å². The summed E-state index contributed by atoms with van der Waals surface area (Å²) in [6.45, 7) is 8.80. The van der Waals surface area contributed by atoms with Gasteiger partial charge in [-0.1, -0.05) is 0 Å². The molecule has 0 aromatic heterocycles. The lowest BCUT2D eigenvalue weighted by molar-refractivity contribution is -0.156. The van der Waals surface area contributed by atoms with Crippen LogP contribution >= 0.6 is 0 Å². The van der Waals surface area contributed by atoms with Gasteiger partial charge in [-0.05, 0) is 20.8 Å². The highest BCUT2D eigenvalue weighted by molar-refractivity contribution is 5.75. The lowest BCUT2D eigenvalue weighted by Crippen LogP contribution is -2.28. The Kier molecular flexibility index (Phi) is 13.4. The zero-order valence-corrected chi connectivity index (χ0v) is 15.1. The van der Waals surface area contributed by atoms with Crippen LogP contribution in [0.2, 0.25) is 0 Å². The Balaban J connectivity index is 3.37. The molecule has 0 saturated heterocycles. The van der Waals surface area contributed by atoms with E-state index in [9.17, 15) is 9.59 Å². The third-order valence-electron chi connectivity index (χ3n) is 2.55. The number of carbonyl (C=O) groups excluding carboxylic acids is 2. The van der Waals surface area contributed by atoms with Crippen LogP contribution in [0.15, 0.2) is 0 Å². The molecule has 142 valence electrons. The van der Waals surface area contributed by atoms with Crippen LogP contribution in [-0.4, -0.2) is 70.2 Å². The van der Waals surface area contributed by atoms with Crippen LogP contribution < -0.4 is 11.1 Å². The Morgan fingerprint density at radius 2 is 1.46 bits per heavy atom. The second-order valence-electron chi connectivity index (χ2n) is 6.06. The molecule has 0 rings (SSSR count). The topological polar surface area (TPSA) is 109 Å². The van der Waals surface area contributed by atoms with Crippen molar-refractivity contribution in [2.75, 3.05) is 52.7 Å². The van der Waals surface area contributed by atoms with Crippen molar-refractivity contribution in [1.82, 2.24) is 5.32 Å². The largest absolute Gasteiger partial charge is 0.460 e. The number of esters is 1. The second kappa shape index (κ2) is 14.2. The van der Waals surface area contributed by atoms with Crippen molar-refractivity contribution >= 4 is 11.9 Å². The van der Waals surface area contributed by atoms with Gasteiger partial charge < -0.3 is 30.0 Å². The summed E-state index contributed by atoms with van der Waals surface area (Å²) in [5, 5.41) is 2.72. The van der Waals surface area contributed by atoms with E-state index in [0.717, 1.165) is 0 Å². The van der Waals surface area contributed by atoms with Crippen LogP contribution in [0, 0.1) is 0 Å². The van der Waals surface area contributed by atoms with Crippen LogP contribution in [0.4, 0.5) is 0 Å². The summed E-state index contributed by atoms with van der Waals surface area (Å²) >= 11 is 0. The van der Waals surface area contributed by atoms with Crippen molar-refractivity contribution in [1.29, 1.82) is 0 Å². The average Bonchev–Trinajstić information content (AvgIpc) is 2.47. The van der Waals surface area contributed by atoms with Crippen molar-refractivity contribution in [2.45, 2.75) is 39.2 Å². The molecule has 0 saturated carbocycles. The molecule has 3 N–H and O–H groups in total. The summed E-state index contributed by atoms with van der Waals surface area (Å²) < 4.78 is 20.8. The van der Waals surface area contributed by atoms with Gasteiger partial charge in [-0.25, -0.2) is 0 Å². The van der Waals surface area contributed by atoms with Gasteiger partial charge in [0.2, 0.25) is 5.91 Å². The van der Waals surface area contributed by atoms with Crippen LogP contribution in [0.1, 0.15) is 33.6 Å². The molecule has 0 heterocycles. The molecule has 0 spiro atoms. The zero-order valence-electron chi connectivity index (χ0n) is 15.1. The maximum absolute atomic E-state index is 11.5. The van der Waals surface area contributed by atoms with Gasteiger partial charge in [-0.2, -0.15) is 0 Å². The van der Waals surface area contributed by atoms with Gasteiger partial charge in [0.05, 0.1) is 46.1 Å². The standard InChI is InChI=1S/C16H32N2O6/c1-16(2,3)24-15(20)5-9-21-8-4-14(19)18-7-11-23-13-12-22-10-6-17/h4-13,17H2,1-3H3,(H,18,19). The quantitative estimate of drug-likeness (QED) is 0.342. The number of ether oxygens (including phenoxy) is 4. The van der Waals surface area contributed by atoms with E-state index < -0.39 is 5.60 Å². The third kappa shape index (κ3) is 17.1. The number of carbonyl (C=O) groups is 2. The molecule has 0 aliphatic rings. The average molecular weight is 348 g/mol. The van der Waals surface area contributed by atoms with Gasteiger partial charge in [0, 0.05) is 19.5 Å². The Hall–Kier alpha value is -1.22. The van der Waals surface area contributed by atoms with Crippen molar-refractivity contribution in [3.8, 4) is 0 Å². The number of nitrogens with one attached hydrogen (secondary N) is 1. The second-order valence-corrected chi connectivity index (χ2v) is 6.06. The van der Waals surface area contributed by atoms with E-state index in [1.165, 1.54) is 0 Å². The van der Waals surface area contributed by atoms with Crippen LogP contribution in [-0.2, 0) is 28.5 Å². The molecule has 0 aromatic carbocycles. The number of nitrogens with two attached hydrogens (primary N) is 1. The summed E-state index contributed by atoms with van der Waals surface area (Å²) in [4.78, 5) is 23.0. The normalized spacial score (nSPS) is 11.3. The Morgan fingerprint density at radius 3 is 2.08 bits per heavy atom. The van der Waals surface area contributed by atoms with E-state index in [2.05, 4.69) is 5.32 Å². The molecule has 0 fully saturated rings. The summed E-state index contributed by atoms with van der Waals surface area (Å²) in [5.41, 5.74) is 4.79. The molecular weight excluding hydrogens is 316 g/mol. The fourth-order valence-electron chi connectivity index (χ4n) is 1.57. The van der Waals surface area contributed by atoms with Gasteiger partial charge in [0.15, 0.2) is 0 Å². The Morgan fingerprint density at radius 1 is 0.875 bits per heavy atom. The van der Waals surface area contributed by atoms with Crippen molar-refractivity contribution in [2.24, 2.45) is 5.73 Å². The minimum Gasteiger partial charge on any atom is -0.460 e. The Labute approximate surface area is 144 Å². The first-order chi connectivity index (χ1) is 11.3. The maximum Gasteiger partial charge on any atom is 0.308 e. The van der Waals surface area contributed by atoms with Gasteiger partial charge in [0.1, 0.15) is 5.60 Å². The highest BCUT2D eigenvalue weighted by atomic mass is 16.6. The first-order valence-electron chi connectivity index (χ1n) is 8.27. The smallest absolute Gasteiger partial charge is 0.308 e. The molecule has 8 nitrogen and oxygen atoms in total. The molecule has 0 radical (unpaired) electrons. The van der Waals surface area contributed by atoms with Crippen molar-refractivity contribution in [3.05, 3.63) is 0 Å². The lowest BCUT2D eigenvalue weighted by atomic mass is 10.2. The fourth-order valence-corrected chi connectivity index (χ4v) is 1.57. The van der Waals surface area contributed by atoms with Crippen LogP contribution in [0.3, 0.4) is 0 Å². The van der Waals surface area contributed by atoms with E-state index in [1.54, 1.807) is 0 Å². The number of amides is 1. The molecular formula is C16H32N2O6. The SMILES string of the molecule is CC(C)(C)OC(=O)CCOCCC(=O)NCCOCCOCCN. The van der Waals surface area contributed by atoms with Crippen molar-refractivity contribution < 1.29 is 28.5 Å². The molecule has 24 heavy (non-hydrogen) atoms. The monoisotopic (exact) mass is 348 g/mol. The first-order valence-corrected chi connectivity index (χ1v) is 8.27. The molecule has 0 aliphatic carbocycles. The van der Waals surface area contributed by atoms with E-state index in [4.69, 9.17) is 24.7 Å². The minimum absolute atomic E-state index is 0.116. The highest BCUT2D eigenvalue weighted by Crippen LogP contribution is 2.08. The highest BCUT2D eigenvalue weighted by Gasteiger charge is 2.15. The molecule has 0 aliphatic heterocycles. The molecule has 8 heteroatoms. The molecule has 1 amide bonds.